The summed E-state index contributed by atoms with van der Waals surface area (Å²) >= 11 is 0. The Morgan fingerprint density at radius 2 is 1.86 bits per heavy atom. The molecule has 5 rings (SSSR count). The SMILES string of the molecule is O=C1/C(=C/c2ccccc2)Oc2c1ccc1c2CN(Cc2ccncc2)CO1. The van der Waals surface area contributed by atoms with Crippen molar-refractivity contribution in [3.63, 3.8) is 0 Å². The van der Waals surface area contributed by atoms with E-state index in [-0.39, 0.29) is 5.78 Å². The van der Waals surface area contributed by atoms with Gasteiger partial charge in [0.1, 0.15) is 18.2 Å². The lowest BCUT2D eigenvalue weighted by atomic mass is 10.0. The van der Waals surface area contributed by atoms with E-state index in [4.69, 9.17) is 9.47 Å². The van der Waals surface area contributed by atoms with Crippen LogP contribution in [0.5, 0.6) is 11.5 Å². The van der Waals surface area contributed by atoms with Crippen molar-refractivity contribution >= 4 is 11.9 Å². The molecule has 3 aromatic rings. The normalized spacial score (nSPS) is 17.0. The van der Waals surface area contributed by atoms with Crippen LogP contribution in [-0.4, -0.2) is 22.4 Å². The maximum absolute atomic E-state index is 12.8. The molecule has 5 nitrogen and oxygen atoms in total. The minimum atomic E-state index is -0.0899. The number of ether oxygens (including phenoxy) is 2. The topological polar surface area (TPSA) is 51.7 Å². The number of allylic oxidation sites excluding steroid dienone is 1. The Kier molecular flexibility index (Phi) is 4.14. The number of hydrogen-bond donors (Lipinski definition) is 0. The standard InChI is InChI=1S/C23H18N2O3/c26-22-18-6-7-20-19(14-25(15-27-20)13-17-8-10-24-11-9-17)23(18)28-21(22)12-16-4-2-1-3-5-16/h1-12H,13-15H2/b21-12-. The predicted octanol–water partition coefficient (Wildman–Crippen LogP) is 4.05. The molecule has 0 radical (unpaired) electrons. The zero-order chi connectivity index (χ0) is 18.9. The molecule has 0 aliphatic carbocycles. The Balaban J connectivity index is 1.44. The molecule has 0 fully saturated rings. The number of carbonyl (C=O) groups is 1. The Hall–Kier alpha value is -3.44. The van der Waals surface area contributed by atoms with Crippen LogP contribution in [0, 0.1) is 0 Å². The summed E-state index contributed by atoms with van der Waals surface area (Å²) in [5, 5.41) is 0. The second-order valence-electron chi connectivity index (χ2n) is 6.89. The molecule has 0 N–H and O–H groups in total. The Morgan fingerprint density at radius 3 is 2.68 bits per heavy atom. The maximum Gasteiger partial charge on any atom is 0.231 e. The molecule has 5 heteroatoms. The van der Waals surface area contributed by atoms with E-state index < -0.39 is 0 Å². The van der Waals surface area contributed by atoms with Gasteiger partial charge in [-0.05, 0) is 41.5 Å². The summed E-state index contributed by atoms with van der Waals surface area (Å²) in [4.78, 5) is 19.0. The first-order valence-corrected chi connectivity index (χ1v) is 9.17. The largest absolute Gasteiger partial charge is 0.478 e. The molecule has 3 heterocycles. The average Bonchev–Trinajstić information content (AvgIpc) is 3.05. The van der Waals surface area contributed by atoms with Crippen LogP contribution in [0.1, 0.15) is 27.0 Å². The molecule has 1 aromatic heterocycles. The third kappa shape index (κ3) is 3.06. The van der Waals surface area contributed by atoms with Crippen molar-refractivity contribution in [2.24, 2.45) is 0 Å². The number of ketones is 1. The molecule has 0 saturated heterocycles. The van der Waals surface area contributed by atoms with Crippen molar-refractivity contribution in [2.75, 3.05) is 6.73 Å². The summed E-state index contributed by atoms with van der Waals surface area (Å²) in [6.07, 6.45) is 5.36. The molecular formula is C23H18N2O3. The van der Waals surface area contributed by atoms with Crippen molar-refractivity contribution in [1.82, 2.24) is 9.88 Å². The van der Waals surface area contributed by atoms with E-state index in [2.05, 4.69) is 9.88 Å². The van der Waals surface area contributed by atoms with Gasteiger partial charge in [0, 0.05) is 25.5 Å². The zero-order valence-electron chi connectivity index (χ0n) is 15.2. The minimum absolute atomic E-state index is 0.0899. The number of nitrogens with zero attached hydrogens (tertiary/aromatic N) is 2. The molecule has 138 valence electrons. The molecule has 0 spiro atoms. The lowest BCUT2D eigenvalue weighted by Crippen LogP contribution is -2.31. The van der Waals surface area contributed by atoms with Gasteiger partial charge in [-0.3, -0.25) is 14.7 Å². The zero-order valence-corrected chi connectivity index (χ0v) is 15.2. The highest BCUT2D eigenvalue weighted by Crippen LogP contribution is 2.42. The summed E-state index contributed by atoms with van der Waals surface area (Å²) < 4.78 is 11.9. The van der Waals surface area contributed by atoms with E-state index in [0.29, 0.717) is 30.3 Å². The van der Waals surface area contributed by atoms with Crippen molar-refractivity contribution in [1.29, 1.82) is 0 Å². The molecule has 2 aromatic carbocycles. The molecule has 2 aliphatic heterocycles. The fourth-order valence-electron chi connectivity index (χ4n) is 3.55. The van der Waals surface area contributed by atoms with Crippen LogP contribution >= 0.6 is 0 Å². The highest BCUT2D eigenvalue weighted by molar-refractivity contribution is 6.15. The Morgan fingerprint density at radius 1 is 1.04 bits per heavy atom. The first-order chi connectivity index (χ1) is 13.8. The van der Waals surface area contributed by atoms with E-state index in [0.717, 1.165) is 29.0 Å². The summed E-state index contributed by atoms with van der Waals surface area (Å²) in [7, 11) is 0. The molecule has 0 saturated carbocycles. The van der Waals surface area contributed by atoms with Gasteiger partial charge >= 0.3 is 0 Å². The molecule has 2 aliphatic rings. The number of Topliss-reactive ketones (excluding diaryl/α,β-unsaturated/α-hetero) is 1. The maximum atomic E-state index is 12.8. The summed E-state index contributed by atoms with van der Waals surface area (Å²) in [6.45, 7) is 1.90. The average molecular weight is 370 g/mol. The van der Waals surface area contributed by atoms with E-state index in [9.17, 15) is 4.79 Å². The fraction of sp³-hybridized carbons (Fsp3) is 0.130. The quantitative estimate of drug-likeness (QED) is 0.651. The van der Waals surface area contributed by atoms with Crippen molar-refractivity contribution in [3.8, 4) is 11.5 Å². The number of aromatic nitrogens is 1. The second-order valence-corrected chi connectivity index (χ2v) is 6.89. The van der Waals surface area contributed by atoms with E-state index in [1.165, 1.54) is 0 Å². The van der Waals surface area contributed by atoms with Crippen molar-refractivity contribution in [2.45, 2.75) is 13.1 Å². The van der Waals surface area contributed by atoms with Crippen molar-refractivity contribution in [3.05, 3.63) is 95.0 Å². The van der Waals surface area contributed by atoms with Gasteiger partial charge in [-0.1, -0.05) is 30.3 Å². The number of hydrogen-bond acceptors (Lipinski definition) is 5. The lowest BCUT2D eigenvalue weighted by molar-refractivity contribution is 0.0872. The van der Waals surface area contributed by atoms with Gasteiger partial charge in [0.05, 0.1) is 11.1 Å². The van der Waals surface area contributed by atoms with Gasteiger partial charge in [-0.25, -0.2) is 0 Å². The number of benzene rings is 2. The molecular weight excluding hydrogens is 352 g/mol. The third-order valence-electron chi connectivity index (χ3n) is 4.94. The van der Waals surface area contributed by atoms with Crippen molar-refractivity contribution < 1.29 is 14.3 Å². The Bertz CT molecular complexity index is 1060. The van der Waals surface area contributed by atoms with Gasteiger partial charge in [-0.15, -0.1) is 0 Å². The van der Waals surface area contributed by atoms with Gasteiger partial charge in [-0.2, -0.15) is 0 Å². The smallest absolute Gasteiger partial charge is 0.231 e. The lowest BCUT2D eigenvalue weighted by Gasteiger charge is -2.29. The molecule has 0 unspecified atom stereocenters. The molecule has 0 amide bonds. The highest BCUT2D eigenvalue weighted by Gasteiger charge is 2.33. The monoisotopic (exact) mass is 370 g/mol. The molecule has 0 atom stereocenters. The number of fused-ring (bicyclic) bond motifs is 3. The first kappa shape index (κ1) is 16.7. The summed E-state index contributed by atoms with van der Waals surface area (Å²) in [5.41, 5.74) is 3.61. The van der Waals surface area contributed by atoms with Gasteiger partial charge in [0.25, 0.3) is 0 Å². The van der Waals surface area contributed by atoms with E-state index in [1.54, 1.807) is 24.5 Å². The summed E-state index contributed by atoms with van der Waals surface area (Å²) in [5.74, 6) is 1.65. The fourth-order valence-corrected chi connectivity index (χ4v) is 3.55. The predicted molar refractivity (Wildman–Crippen MR) is 105 cm³/mol. The number of rotatable bonds is 3. The Labute approximate surface area is 162 Å². The second kappa shape index (κ2) is 6.94. The first-order valence-electron chi connectivity index (χ1n) is 9.17. The third-order valence-corrected chi connectivity index (χ3v) is 4.94. The van der Waals surface area contributed by atoms with Crippen LogP contribution in [0.15, 0.2) is 72.8 Å². The molecule has 0 bridgehead atoms. The van der Waals surface area contributed by atoms with Crippen LogP contribution < -0.4 is 9.47 Å². The molecule has 28 heavy (non-hydrogen) atoms. The van der Waals surface area contributed by atoms with Crippen LogP contribution in [0.3, 0.4) is 0 Å². The summed E-state index contributed by atoms with van der Waals surface area (Å²) in [6, 6.07) is 17.3. The minimum Gasteiger partial charge on any atom is -0.478 e. The van der Waals surface area contributed by atoms with Gasteiger partial charge < -0.3 is 9.47 Å². The van der Waals surface area contributed by atoms with Crippen LogP contribution in [0.2, 0.25) is 0 Å². The number of pyridine rings is 1. The van der Waals surface area contributed by atoms with Gasteiger partial charge in [0.15, 0.2) is 5.76 Å². The van der Waals surface area contributed by atoms with E-state index >= 15 is 0 Å². The number of carbonyl (C=O) groups excluding carboxylic acids is 1. The van der Waals surface area contributed by atoms with E-state index in [1.807, 2.05) is 48.5 Å². The van der Waals surface area contributed by atoms with Gasteiger partial charge in [0.2, 0.25) is 5.78 Å². The van der Waals surface area contributed by atoms with Crippen LogP contribution in [0.25, 0.3) is 6.08 Å². The van der Waals surface area contributed by atoms with Crippen LogP contribution in [0.4, 0.5) is 0 Å². The highest BCUT2D eigenvalue weighted by atomic mass is 16.5. The van der Waals surface area contributed by atoms with Crippen LogP contribution in [-0.2, 0) is 13.1 Å².